The number of amides is 1. The van der Waals surface area contributed by atoms with Crippen LogP contribution in [0, 0.1) is 16.0 Å². The van der Waals surface area contributed by atoms with Gasteiger partial charge in [0.15, 0.2) is 0 Å². The first-order valence-electron chi connectivity index (χ1n) is 6.87. The Morgan fingerprint density at radius 3 is 2.57 bits per heavy atom. The molecule has 1 atom stereocenters. The summed E-state index contributed by atoms with van der Waals surface area (Å²) in [6.45, 7) is 6.13. The number of carbonyl (C=O) groups excluding carboxylic acids is 1. The zero-order valence-electron chi connectivity index (χ0n) is 13.1. The summed E-state index contributed by atoms with van der Waals surface area (Å²) in [5, 5.41) is 13.6. The van der Waals surface area contributed by atoms with Crippen LogP contribution in [0.5, 0.6) is 0 Å². The third kappa shape index (κ3) is 4.14. The average Bonchev–Trinajstić information content (AvgIpc) is 2.44. The molecular weight excluding hydrogens is 272 g/mol. The number of nitro groups is 1. The normalized spacial score (nSPS) is 12.1. The molecular formula is C14H22N4O3. The fraction of sp³-hybridized carbons (Fsp3) is 0.571. The molecule has 7 nitrogen and oxygen atoms in total. The van der Waals surface area contributed by atoms with Crippen LogP contribution in [0.3, 0.4) is 0 Å². The molecule has 1 aromatic heterocycles. The van der Waals surface area contributed by atoms with Gasteiger partial charge in [0.05, 0.1) is 10.5 Å². The van der Waals surface area contributed by atoms with E-state index >= 15 is 0 Å². The molecule has 0 aromatic carbocycles. The quantitative estimate of drug-likeness (QED) is 0.643. The van der Waals surface area contributed by atoms with Crippen LogP contribution in [0.2, 0.25) is 0 Å². The Morgan fingerprint density at radius 1 is 1.48 bits per heavy atom. The molecule has 1 unspecified atom stereocenters. The summed E-state index contributed by atoms with van der Waals surface area (Å²) in [5.41, 5.74) is 0.0204. The molecule has 7 heteroatoms. The van der Waals surface area contributed by atoms with Gasteiger partial charge in [-0.25, -0.2) is 4.98 Å². The SMILES string of the molecule is CNc1ncc([N+](=O)[O-])cc1C(=O)N(C)C(C)CC(C)C. The van der Waals surface area contributed by atoms with Crippen LogP contribution in [-0.2, 0) is 0 Å². The molecule has 1 rings (SSSR count). The van der Waals surface area contributed by atoms with Gasteiger partial charge in [-0.15, -0.1) is 0 Å². The zero-order chi connectivity index (χ0) is 16.2. The monoisotopic (exact) mass is 294 g/mol. The van der Waals surface area contributed by atoms with Gasteiger partial charge < -0.3 is 10.2 Å². The third-order valence-electron chi connectivity index (χ3n) is 3.35. The Hall–Kier alpha value is -2.18. The number of anilines is 1. The van der Waals surface area contributed by atoms with Crippen LogP contribution in [0.25, 0.3) is 0 Å². The van der Waals surface area contributed by atoms with E-state index in [-0.39, 0.29) is 23.2 Å². The molecule has 1 heterocycles. The fourth-order valence-electron chi connectivity index (χ4n) is 2.15. The Balaban J connectivity index is 3.09. The van der Waals surface area contributed by atoms with Gasteiger partial charge in [-0.1, -0.05) is 13.8 Å². The molecule has 1 N–H and O–H groups in total. The van der Waals surface area contributed by atoms with E-state index in [1.807, 2.05) is 6.92 Å². The highest BCUT2D eigenvalue weighted by Crippen LogP contribution is 2.22. The lowest BCUT2D eigenvalue weighted by Crippen LogP contribution is -2.36. The molecule has 0 bridgehead atoms. The molecule has 0 saturated carbocycles. The molecule has 1 aromatic rings. The minimum atomic E-state index is -0.555. The lowest BCUT2D eigenvalue weighted by atomic mass is 10.0. The number of hydrogen-bond acceptors (Lipinski definition) is 5. The molecule has 0 aliphatic heterocycles. The number of nitrogens with zero attached hydrogens (tertiary/aromatic N) is 3. The minimum absolute atomic E-state index is 0.0430. The van der Waals surface area contributed by atoms with Crippen molar-refractivity contribution in [2.45, 2.75) is 33.2 Å². The molecule has 0 saturated heterocycles. The summed E-state index contributed by atoms with van der Waals surface area (Å²) in [6, 6.07) is 1.31. The Kier molecular flexibility index (Phi) is 5.63. The van der Waals surface area contributed by atoms with Crippen molar-refractivity contribution in [1.82, 2.24) is 9.88 Å². The number of nitrogens with one attached hydrogen (secondary N) is 1. The lowest BCUT2D eigenvalue weighted by molar-refractivity contribution is -0.385. The summed E-state index contributed by atoms with van der Waals surface area (Å²) < 4.78 is 0. The zero-order valence-corrected chi connectivity index (χ0v) is 13.1. The van der Waals surface area contributed by atoms with Gasteiger partial charge in [-0.2, -0.15) is 0 Å². The summed E-state index contributed by atoms with van der Waals surface area (Å²) in [6.07, 6.45) is 2.00. The van der Waals surface area contributed by atoms with E-state index in [1.165, 1.54) is 6.07 Å². The molecule has 21 heavy (non-hydrogen) atoms. The van der Waals surface area contributed by atoms with E-state index < -0.39 is 4.92 Å². The van der Waals surface area contributed by atoms with Gasteiger partial charge >= 0.3 is 0 Å². The molecule has 0 aliphatic carbocycles. The van der Waals surface area contributed by atoms with Crippen LogP contribution in [-0.4, -0.2) is 40.9 Å². The number of aromatic nitrogens is 1. The smallest absolute Gasteiger partial charge is 0.288 e. The van der Waals surface area contributed by atoms with Crippen molar-refractivity contribution in [2.75, 3.05) is 19.4 Å². The van der Waals surface area contributed by atoms with Crippen molar-refractivity contribution < 1.29 is 9.72 Å². The molecule has 116 valence electrons. The number of hydrogen-bond donors (Lipinski definition) is 1. The minimum Gasteiger partial charge on any atom is -0.372 e. The van der Waals surface area contributed by atoms with Gasteiger partial charge in [-0.05, 0) is 19.3 Å². The molecule has 0 radical (unpaired) electrons. The van der Waals surface area contributed by atoms with Crippen molar-refractivity contribution in [2.24, 2.45) is 5.92 Å². The lowest BCUT2D eigenvalue weighted by Gasteiger charge is -2.26. The predicted molar refractivity (Wildman–Crippen MR) is 81.4 cm³/mol. The maximum atomic E-state index is 12.5. The first-order valence-corrected chi connectivity index (χ1v) is 6.87. The first-order chi connectivity index (χ1) is 9.77. The van der Waals surface area contributed by atoms with Crippen LogP contribution in [0.1, 0.15) is 37.6 Å². The van der Waals surface area contributed by atoms with Gasteiger partial charge in [0.1, 0.15) is 12.0 Å². The van der Waals surface area contributed by atoms with Gasteiger partial charge in [-0.3, -0.25) is 14.9 Å². The predicted octanol–water partition coefficient (Wildman–Crippen LogP) is 2.54. The maximum absolute atomic E-state index is 12.5. The number of rotatable bonds is 6. The highest BCUT2D eigenvalue weighted by Gasteiger charge is 2.23. The van der Waals surface area contributed by atoms with Crippen molar-refractivity contribution in [3.05, 3.63) is 27.9 Å². The van der Waals surface area contributed by atoms with Crippen LogP contribution in [0.4, 0.5) is 11.5 Å². The van der Waals surface area contributed by atoms with Crippen LogP contribution in [0.15, 0.2) is 12.3 Å². The largest absolute Gasteiger partial charge is 0.372 e. The fourth-order valence-corrected chi connectivity index (χ4v) is 2.15. The van der Waals surface area contributed by atoms with E-state index in [9.17, 15) is 14.9 Å². The molecule has 1 amide bonds. The second kappa shape index (κ2) is 7.01. The highest BCUT2D eigenvalue weighted by molar-refractivity contribution is 5.99. The Bertz CT molecular complexity index is 531. The van der Waals surface area contributed by atoms with Gasteiger partial charge in [0.2, 0.25) is 0 Å². The van der Waals surface area contributed by atoms with E-state index in [4.69, 9.17) is 0 Å². The van der Waals surface area contributed by atoms with Crippen molar-refractivity contribution >= 4 is 17.4 Å². The average molecular weight is 294 g/mol. The van der Waals surface area contributed by atoms with Gasteiger partial charge in [0.25, 0.3) is 11.6 Å². The van der Waals surface area contributed by atoms with E-state index in [0.717, 1.165) is 12.6 Å². The second-order valence-corrected chi connectivity index (χ2v) is 5.49. The number of carbonyl (C=O) groups is 1. The van der Waals surface area contributed by atoms with Gasteiger partial charge in [0, 0.05) is 26.2 Å². The Labute approximate surface area is 124 Å². The number of pyridine rings is 1. The summed E-state index contributed by atoms with van der Waals surface area (Å²) in [5.74, 6) is 0.528. The highest BCUT2D eigenvalue weighted by atomic mass is 16.6. The Morgan fingerprint density at radius 2 is 2.10 bits per heavy atom. The summed E-state index contributed by atoms with van der Waals surface area (Å²) in [7, 11) is 3.33. The van der Waals surface area contributed by atoms with E-state index in [2.05, 4.69) is 24.1 Å². The maximum Gasteiger partial charge on any atom is 0.288 e. The molecule has 0 aliphatic rings. The molecule has 0 fully saturated rings. The summed E-state index contributed by atoms with van der Waals surface area (Å²) >= 11 is 0. The van der Waals surface area contributed by atoms with Crippen molar-refractivity contribution in [3.8, 4) is 0 Å². The standard InChI is InChI=1S/C14H22N4O3/c1-9(2)6-10(3)17(5)14(19)12-7-11(18(20)21)8-16-13(12)15-4/h7-10H,6H2,1-5H3,(H,15,16). The first kappa shape index (κ1) is 16.9. The topological polar surface area (TPSA) is 88.4 Å². The third-order valence-corrected chi connectivity index (χ3v) is 3.35. The van der Waals surface area contributed by atoms with Crippen molar-refractivity contribution in [3.63, 3.8) is 0 Å². The summed E-state index contributed by atoms with van der Waals surface area (Å²) in [4.78, 5) is 28.4. The van der Waals surface area contributed by atoms with Crippen LogP contribution >= 0.6 is 0 Å². The second-order valence-electron chi connectivity index (χ2n) is 5.49. The van der Waals surface area contributed by atoms with E-state index in [0.29, 0.717) is 11.7 Å². The van der Waals surface area contributed by atoms with Crippen LogP contribution < -0.4 is 5.32 Å². The molecule has 0 spiro atoms. The van der Waals surface area contributed by atoms with Crippen molar-refractivity contribution in [1.29, 1.82) is 0 Å². The van der Waals surface area contributed by atoms with E-state index in [1.54, 1.807) is 19.0 Å².